The van der Waals surface area contributed by atoms with Gasteiger partial charge in [-0.2, -0.15) is 0 Å². The summed E-state index contributed by atoms with van der Waals surface area (Å²) in [4.78, 5) is 24.3. The van der Waals surface area contributed by atoms with Crippen molar-refractivity contribution in [2.45, 2.75) is 33.8 Å². The number of nitrogens with one attached hydrogen (secondary N) is 1. The fraction of sp³-hybridized carbons (Fsp3) is 0.238. The third-order valence-corrected chi connectivity index (χ3v) is 4.68. The number of benzene rings is 2. The third-order valence-electron chi connectivity index (χ3n) is 3.94. The Kier molecular flexibility index (Phi) is 7.05. The minimum absolute atomic E-state index is 0.388. The van der Waals surface area contributed by atoms with Gasteiger partial charge in [0.2, 0.25) is 0 Å². The molecule has 6 heteroatoms. The van der Waals surface area contributed by atoms with Crippen LogP contribution in [0.3, 0.4) is 0 Å². The second-order valence-electron chi connectivity index (χ2n) is 6.35. The number of hydrogen-bond donors (Lipinski definition) is 1. The molecule has 2 aromatic carbocycles. The standard InChI is InChI=1S/C21H21Cl2NO3/c1-12-9-13(2)20(14(3)10-12)24-21(26)15(4)27-19(25)8-6-16-5-7-17(22)18(23)11-16/h5-11,15H,1-4H3,(H,24,26)/b8-6+/t15-/m1/s1. The molecule has 0 heterocycles. The number of hydrogen-bond acceptors (Lipinski definition) is 3. The highest BCUT2D eigenvalue weighted by molar-refractivity contribution is 6.42. The number of carbonyl (C=O) groups excluding carboxylic acids is 2. The Morgan fingerprint density at radius 2 is 1.67 bits per heavy atom. The Balaban J connectivity index is 1.98. The first kappa shape index (κ1) is 21.0. The van der Waals surface area contributed by atoms with Gasteiger partial charge in [0.25, 0.3) is 5.91 Å². The number of ether oxygens (including phenoxy) is 1. The number of halogens is 2. The number of aryl methyl sites for hydroxylation is 3. The van der Waals surface area contributed by atoms with Crippen molar-refractivity contribution in [1.82, 2.24) is 0 Å². The van der Waals surface area contributed by atoms with E-state index in [9.17, 15) is 9.59 Å². The number of rotatable bonds is 5. The molecule has 0 unspecified atom stereocenters. The van der Waals surface area contributed by atoms with Crippen LogP contribution >= 0.6 is 23.2 Å². The van der Waals surface area contributed by atoms with Crippen molar-refractivity contribution in [2.24, 2.45) is 0 Å². The van der Waals surface area contributed by atoms with E-state index in [4.69, 9.17) is 27.9 Å². The summed E-state index contributed by atoms with van der Waals surface area (Å²) in [5, 5.41) is 3.65. The Labute approximate surface area is 169 Å². The molecule has 1 atom stereocenters. The van der Waals surface area contributed by atoms with Crippen molar-refractivity contribution in [3.8, 4) is 0 Å². The lowest BCUT2D eigenvalue weighted by atomic mass is 10.0. The van der Waals surface area contributed by atoms with Gasteiger partial charge in [-0.25, -0.2) is 4.79 Å². The van der Waals surface area contributed by atoms with E-state index in [1.54, 1.807) is 24.3 Å². The molecule has 0 aliphatic rings. The van der Waals surface area contributed by atoms with E-state index in [1.165, 1.54) is 13.0 Å². The molecule has 142 valence electrons. The predicted octanol–water partition coefficient (Wildman–Crippen LogP) is 5.50. The van der Waals surface area contributed by atoms with Crippen LogP contribution in [0, 0.1) is 20.8 Å². The van der Waals surface area contributed by atoms with Gasteiger partial charge in [-0.05, 0) is 62.6 Å². The van der Waals surface area contributed by atoms with Crippen LogP contribution in [0.1, 0.15) is 29.2 Å². The molecular formula is C21H21Cl2NO3. The average Bonchev–Trinajstić information content (AvgIpc) is 2.58. The minimum atomic E-state index is -0.934. The van der Waals surface area contributed by atoms with Crippen LogP contribution in [-0.2, 0) is 14.3 Å². The molecule has 0 aliphatic carbocycles. The third kappa shape index (κ3) is 5.84. The van der Waals surface area contributed by atoms with E-state index < -0.39 is 12.1 Å². The summed E-state index contributed by atoms with van der Waals surface area (Å²) in [5.41, 5.74) is 4.47. The fourth-order valence-corrected chi connectivity index (χ4v) is 2.96. The van der Waals surface area contributed by atoms with Crippen LogP contribution in [0.5, 0.6) is 0 Å². The summed E-state index contributed by atoms with van der Waals surface area (Å²) < 4.78 is 5.17. The molecule has 0 saturated heterocycles. The first-order chi connectivity index (χ1) is 12.7. The summed E-state index contributed by atoms with van der Waals surface area (Å²) in [5.74, 6) is -1.01. The Morgan fingerprint density at radius 3 is 2.26 bits per heavy atom. The van der Waals surface area contributed by atoms with Gasteiger partial charge in [0.05, 0.1) is 10.0 Å². The molecule has 0 fully saturated rings. The van der Waals surface area contributed by atoms with Gasteiger partial charge in [-0.1, -0.05) is 47.0 Å². The molecule has 0 spiro atoms. The van der Waals surface area contributed by atoms with Crippen molar-refractivity contribution in [3.05, 3.63) is 68.7 Å². The van der Waals surface area contributed by atoms with Crippen molar-refractivity contribution >= 4 is 46.8 Å². The minimum Gasteiger partial charge on any atom is -0.449 e. The lowest BCUT2D eigenvalue weighted by Crippen LogP contribution is -2.30. The van der Waals surface area contributed by atoms with Crippen LogP contribution in [0.4, 0.5) is 5.69 Å². The smallest absolute Gasteiger partial charge is 0.331 e. The highest BCUT2D eigenvalue weighted by Gasteiger charge is 2.18. The van der Waals surface area contributed by atoms with Crippen LogP contribution in [0.15, 0.2) is 36.4 Å². The fourth-order valence-electron chi connectivity index (χ4n) is 2.65. The maximum atomic E-state index is 12.3. The van der Waals surface area contributed by atoms with Gasteiger partial charge in [0.1, 0.15) is 0 Å². The largest absolute Gasteiger partial charge is 0.449 e. The lowest BCUT2D eigenvalue weighted by Gasteiger charge is -2.16. The van der Waals surface area contributed by atoms with Gasteiger partial charge in [0, 0.05) is 11.8 Å². The molecular weight excluding hydrogens is 385 g/mol. The van der Waals surface area contributed by atoms with E-state index >= 15 is 0 Å². The molecule has 4 nitrogen and oxygen atoms in total. The molecule has 0 radical (unpaired) electrons. The Hall–Kier alpha value is -2.30. The van der Waals surface area contributed by atoms with Crippen LogP contribution in [-0.4, -0.2) is 18.0 Å². The van der Waals surface area contributed by atoms with Gasteiger partial charge in [0.15, 0.2) is 6.10 Å². The predicted molar refractivity (Wildman–Crippen MR) is 110 cm³/mol. The molecule has 0 bridgehead atoms. The normalized spacial score (nSPS) is 12.1. The second-order valence-corrected chi connectivity index (χ2v) is 7.16. The van der Waals surface area contributed by atoms with Crippen molar-refractivity contribution in [3.63, 3.8) is 0 Å². The van der Waals surface area contributed by atoms with Crippen LogP contribution in [0.2, 0.25) is 10.0 Å². The van der Waals surface area contributed by atoms with Crippen LogP contribution < -0.4 is 5.32 Å². The summed E-state index contributed by atoms with van der Waals surface area (Å²) >= 11 is 11.8. The zero-order chi connectivity index (χ0) is 20.1. The quantitative estimate of drug-likeness (QED) is 0.527. The van der Waals surface area contributed by atoms with E-state index in [0.29, 0.717) is 15.6 Å². The van der Waals surface area contributed by atoms with Gasteiger partial charge >= 0.3 is 5.97 Å². The lowest BCUT2D eigenvalue weighted by molar-refractivity contribution is -0.148. The average molecular weight is 406 g/mol. The zero-order valence-corrected chi connectivity index (χ0v) is 17.1. The molecule has 1 N–H and O–H groups in total. The van der Waals surface area contributed by atoms with E-state index in [-0.39, 0.29) is 5.91 Å². The van der Waals surface area contributed by atoms with Crippen LogP contribution in [0.25, 0.3) is 6.08 Å². The van der Waals surface area contributed by atoms with Gasteiger partial charge in [-0.15, -0.1) is 0 Å². The maximum Gasteiger partial charge on any atom is 0.331 e. The van der Waals surface area contributed by atoms with E-state index in [0.717, 1.165) is 22.4 Å². The Bertz CT molecular complexity index is 883. The van der Waals surface area contributed by atoms with Gasteiger partial charge in [-0.3, -0.25) is 4.79 Å². The monoisotopic (exact) mass is 405 g/mol. The number of carbonyl (C=O) groups is 2. The van der Waals surface area contributed by atoms with E-state index in [1.807, 2.05) is 32.9 Å². The molecule has 1 amide bonds. The number of anilines is 1. The van der Waals surface area contributed by atoms with E-state index in [2.05, 4.69) is 5.32 Å². The topological polar surface area (TPSA) is 55.4 Å². The number of amides is 1. The van der Waals surface area contributed by atoms with Gasteiger partial charge < -0.3 is 10.1 Å². The number of esters is 1. The highest BCUT2D eigenvalue weighted by Crippen LogP contribution is 2.23. The highest BCUT2D eigenvalue weighted by atomic mass is 35.5. The molecule has 0 aromatic heterocycles. The molecule has 2 aromatic rings. The first-order valence-electron chi connectivity index (χ1n) is 8.40. The maximum absolute atomic E-state index is 12.3. The molecule has 2 rings (SSSR count). The Morgan fingerprint density at radius 1 is 1.04 bits per heavy atom. The van der Waals surface area contributed by atoms with Crippen molar-refractivity contribution in [1.29, 1.82) is 0 Å². The SMILES string of the molecule is Cc1cc(C)c(NC(=O)[C@@H](C)OC(=O)/C=C/c2ccc(Cl)c(Cl)c2)c(C)c1. The zero-order valence-electron chi connectivity index (χ0n) is 15.6. The van der Waals surface area contributed by atoms with Crippen molar-refractivity contribution in [2.75, 3.05) is 5.32 Å². The van der Waals surface area contributed by atoms with Crippen molar-refractivity contribution < 1.29 is 14.3 Å². The molecule has 0 aliphatic heterocycles. The molecule has 0 saturated carbocycles. The second kappa shape index (κ2) is 9.07. The summed E-state index contributed by atoms with van der Waals surface area (Å²) in [6.45, 7) is 7.37. The summed E-state index contributed by atoms with van der Waals surface area (Å²) in [6, 6.07) is 8.96. The molecule has 27 heavy (non-hydrogen) atoms. The summed E-state index contributed by atoms with van der Waals surface area (Å²) in [6.07, 6.45) is 1.85. The summed E-state index contributed by atoms with van der Waals surface area (Å²) in [7, 11) is 0. The first-order valence-corrected chi connectivity index (χ1v) is 9.15.